The molecule has 1 aliphatic heterocycles. The number of nitrogens with one attached hydrogen (secondary N) is 2. The number of amides is 1. The topological polar surface area (TPSA) is 101 Å². The van der Waals surface area contributed by atoms with E-state index < -0.39 is 12.2 Å². The van der Waals surface area contributed by atoms with Crippen molar-refractivity contribution in [3.8, 4) is 11.8 Å². The van der Waals surface area contributed by atoms with Gasteiger partial charge >= 0.3 is 0 Å². The lowest BCUT2D eigenvalue weighted by Crippen LogP contribution is -2.31. The molecule has 6 rings (SSSR count). The van der Waals surface area contributed by atoms with Gasteiger partial charge in [0.15, 0.2) is 5.69 Å². The van der Waals surface area contributed by atoms with E-state index in [4.69, 9.17) is 5.11 Å². The molecule has 4 heterocycles. The fourth-order valence-electron chi connectivity index (χ4n) is 4.61. The van der Waals surface area contributed by atoms with Gasteiger partial charge < -0.3 is 20.0 Å². The van der Waals surface area contributed by atoms with Gasteiger partial charge in [0.2, 0.25) is 0 Å². The molecule has 3 N–H and O–H groups in total. The number of aromatic amines is 1. The molecule has 1 saturated carbocycles. The average molecular weight is 458 g/mol. The summed E-state index contributed by atoms with van der Waals surface area (Å²) in [6, 6.07) is 11.1. The zero-order chi connectivity index (χ0) is 23.2. The lowest BCUT2D eigenvalue weighted by molar-refractivity contribution is 0.0935. The summed E-state index contributed by atoms with van der Waals surface area (Å²) in [7, 11) is 0. The molecule has 8 nitrogen and oxygen atoms in total. The predicted octanol–water partition coefficient (Wildman–Crippen LogP) is 2.65. The molecule has 34 heavy (non-hydrogen) atoms. The molecule has 0 bridgehead atoms. The van der Waals surface area contributed by atoms with Crippen molar-refractivity contribution in [1.82, 2.24) is 29.6 Å². The first-order valence-electron chi connectivity index (χ1n) is 11.4. The summed E-state index contributed by atoms with van der Waals surface area (Å²) in [5, 5.41) is 17.7. The van der Waals surface area contributed by atoms with Crippen LogP contribution in [0.2, 0.25) is 0 Å². The van der Waals surface area contributed by atoms with Crippen molar-refractivity contribution < 1.29 is 14.3 Å². The van der Waals surface area contributed by atoms with Crippen LogP contribution in [0.15, 0.2) is 42.7 Å². The molecular weight excluding hydrogens is 435 g/mol. The molecule has 2 atom stereocenters. The third kappa shape index (κ3) is 3.66. The maximum atomic E-state index is 14.1. The summed E-state index contributed by atoms with van der Waals surface area (Å²) in [5.74, 6) is 5.15. The molecular formula is C25H23FN6O2. The Kier molecular flexibility index (Phi) is 4.96. The molecule has 0 saturated heterocycles. The second-order valence-electron chi connectivity index (χ2n) is 8.80. The first-order chi connectivity index (χ1) is 16.6. The first-order valence-corrected chi connectivity index (χ1v) is 11.4. The predicted molar refractivity (Wildman–Crippen MR) is 123 cm³/mol. The van der Waals surface area contributed by atoms with Crippen LogP contribution in [-0.4, -0.2) is 48.1 Å². The van der Waals surface area contributed by atoms with E-state index in [1.165, 1.54) is 0 Å². The summed E-state index contributed by atoms with van der Waals surface area (Å²) in [6.07, 6.45) is 2.91. The number of halogens is 1. The molecule has 1 amide bonds. The maximum absolute atomic E-state index is 14.1. The Labute approximate surface area is 194 Å². The van der Waals surface area contributed by atoms with Crippen molar-refractivity contribution >= 4 is 16.8 Å². The monoisotopic (exact) mass is 458 g/mol. The van der Waals surface area contributed by atoms with Crippen molar-refractivity contribution in [2.24, 2.45) is 0 Å². The molecule has 4 aromatic rings. The Morgan fingerprint density at radius 1 is 1.32 bits per heavy atom. The van der Waals surface area contributed by atoms with Gasteiger partial charge in [-0.3, -0.25) is 9.48 Å². The average Bonchev–Trinajstić information content (AvgIpc) is 3.14. The fraction of sp³-hybridized carbons (Fsp3) is 0.320. The van der Waals surface area contributed by atoms with Gasteiger partial charge in [-0.1, -0.05) is 24.1 Å². The van der Waals surface area contributed by atoms with Gasteiger partial charge in [-0.25, -0.2) is 9.37 Å². The Morgan fingerprint density at radius 2 is 2.18 bits per heavy atom. The van der Waals surface area contributed by atoms with Crippen molar-refractivity contribution in [2.75, 3.05) is 6.61 Å². The highest BCUT2D eigenvalue weighted by molar-refractivity contribution is 5.93. The number of carbonyl (C=O) groups excluding carboxylic acids is 1. The van der Waals surface area contributed by atoms with Crippen LogP contribution in [0.3, 0.4) is 0 Å². The number of imidazole rings is 1. The number of nitrogens with zero attached hydrogens (tertiary/aromatic N) is 4. The van der Waals surface area contributed by atoms with Crippen molar-refractivity contribution in [3.05, 3.63) is 71.2 Å². The highest BCUT2D eigenvalue weighted by Crippen LogP contribution is 2.35. The molecule has 1 aromatic carbocycles. The summed E-state index contributed by atoms with van der Waals surface area (Å²) >= 11 is 0. The normalized spacial score (nSPS) is 17.9. The minimum absolute atomic E-state index is 0.229. The minimum Gasteiger partial charge on any atom is -0.384 e. The smallest absolute Gasteiger partial charge is 0.272 e. The molecule has 0 spiro atoms. The summed E-state index contributed by atoms with van der Waals surface area (Å²) < 4.78 is 17.7. The second kappa shape index (κ2) is 8.15. The van der Waals surface area contributed by atoms with Crippen LogP contribution in [0, 0.1) is 11.8 Å². The Bertz CT molecular complexity index is 1420. The van der Waals surface area contributed by atoms with Crippen molar-refractivity contribution in [1.29, 1.82) is 0 Å². The molecule has 2 aliphatic rings. The van der Waals surface area contributed by atoms with Crippen LogP contribution in [0.1, 0.15) is 58.2 Å². The summed E-state index contributed by atoms with van der Waals surface area (Å²) in [5.41, 5.74) is 3.97. The fourth-order valence-corrected chi connectivity index (χ4v) is 4.61. The zero-order valence-electron chi connectivity index (χ0n) is 18.3. The van der Waals surface area contributed by atoms with Crippen LogP contribution >= 0.6 is 0 Å². The third-order valence-electron chi connectivity index (χ3n) is 6.36. The molecule has 9 heteroatoms. The van der Waals surface area contributed by atoms with E-state index in [1.807, 2.05) is 34.9 Å². The first kappa shape index (κ1) is 20.7. The number of benzene rings is 1. The molecule has 1 unspecified atom stereocenters. The molecule has 3 aromatic heterocycles. The second-order valence-corrected chi connectivity index (χ2v) is 8.80. The van der Waals surface area contributed by atoms with Crippen LogP contribution < -0.4 is 5.32 Å². The largest absolute Gasteiger partial charge is 0.384 e. The SMILES string of the molecule is O=C(NC(c1cc2ccccc2[nH]1)c1ncn2c1C[C@@H](F)C2)c1cc(C#CCO)n(C2CC2)n1. The van der Waals surface area contributed by atoms with Gasteiger partial charge in [-0.15, -0.1) is 0 Å². The number of aliphatic hydroxyl groups is 1. The van der Waals surface area contributed by atoms with E-state index in [0.717, 1.165) is 35.1 Å². The van der Waals surface area contributed by atoms with Crippen LogP contribution in [-0.2, 0) is 13.0 Å². The molecule has 1 fully saturated rings. The molecule has 0 radical (unpaired) electrons. The van der Waals surface area contributed by atoms with Gasteiger partial charge in [0.05, 0.1) is 24.6 Å². The van der Waals surface area contributed by atoms with Crippen LogP contribution in [0.5, 0.6) is 0 Å². The quantitative estimate of drug-likeness (QED) is 0.400. The number of rotatable bonds is 5. The maximum Gasteiger partial charge on any atom is 0.272 e. The number of carbonyl (C=O) groups is 1. The number of alkyl halides is 1. The number of aromatic nitrogens is 5. The number of para-hydroxylation sites is 1. The minimum atomic E-state index is -0.960. The number of hydrogen-bond donors (Lipinski definition) is 3. The lowest BCUT2D eigenvalue weighted by Gasteiger charge is -2.17. The molecule has 172 valence electrons. The number of hydrogen-bond acceptors (Lipinski definition) is 4. The molecule has 1 aliphatic carbocycles. The highest BCUT2D eigenvalue weighted by atomic mass is 19.1. The van der Waals surface area contributed by atoms with E-state index in [9.17, 15) is 9.18 Å². The Morgan fingerprint density at radius 3 is 2.97 bits per heavy atom. The number of H-pyrrole nitrogens is 1. The van der Waals surface area contributed by atoms with Crippen LogP contribution in [0.4, 0.5) is 4.39 Å². The van der Waals surface area contributed by atoms with E-state index in [1.54, 1.807) is 17.1 Å². The van der Waals surface area contributed by atoms with E-state index in [-0.39, 0.29) is 37.2 Å². The van der Waals surface area contributed by atoms with E-state index in [2.05, 4.69) is 32.2 Å². The van der Waals surface area contributed by atoms with Gasteiger partial charge in [-0.2, -0.15) is 5.10 Å². The Hall–Kier alpha value is -3.90. The van der Waals surface area contributed by atoms with Crippen molar-refractivity contribution in [3.63, 3.8) is 0 Å². The lowest BCUT2D eigenvalue weighted by atomic mass is 10.1. The summed E-state index contributed by atoms with van der Waals surface area (Å²) in [6.45, 7) is 0.00914. The van der Waals surface area contributed by atoms with Gasteiger partial charge in [0.1, 0.15) is 24.5 Å². The summed E-state index contributed by atoms with van der Waals surface area (Å²) in [4.78, 5) is 21.3. The Balaban J connectivity index is 1.38. The van der Waals surface area contributed by atoms with E-state index >= 15 is 0 Å². The number of fused-ring (bicyclic) bond motifs is 2. The van der Waals surface area contributed by atoms with Gasteiger partial charge in [0, 0.05) is 29.4 Å². The van der Waals surface area contributed by atoms with Gasteiger partial charge in [0.25, 0.3) is 5.91 Å². The van der Waals surface area contributed by atoms with Crippen LogP contribution in [0.25, 0.3) is 10.9 Å². The zero-order valence-corrected chi connectivity index (χ0v) is 18.3. The van der Waals surface area contributed by atoms with Gasteiger partial charge in [-0.05, 0) is 36.3 Å². The standard InChI is InChI=1S/C25H23FN6O2/c26-16-11-22-24(27-14-31(22)13-16)23(20-10-15-4-1-2-6-19(15)28-20)29-25(34)21-12-18(5-3-9-33)32(30-21)17-7-8-17/h1-2,4,6,10,12,14,16-17,23,28,33H,7-9,11,13H2,(H,29,34)/t16-,23?/m1/s1. The third-order valence-corrected chi connectivity index (χ3v) is 6.36. The number of aliphatic hydroxyl groups excluding tert-OH is 1. The van der Waals surface area contributed by atoms with E-state index in [0.29, 0.717) is 11.4 Å². The highest BCUT2D eigenvalue weighted by Gasteiger charge is 2.32. The van der Waals surface area contributed by atoms with Crippen molar-refractivity contribution in [2.45, 2.75) is 44.1 Å².